The van der Waals surface area contributed by atoms with E-state index >= 15 is 0 Å². The first-order valence-corrected chi connectivity index (χ1v) is 6.01. The first-order chi connectivity index (χ1) is 8.70. The molecule has 0 bridgehead atoms. The van der Waals surface area contributed by atoms with E-state index in [2.05, 4.69) is 10.1 Å². The second-order valence-corrected chi connectivity index (χ2v) is 5.28. The molecule has 1 heterocycles. The molecule has 1 aromatic rings. The summed E-state index contributed by atoms with van der Waals surface area (Å²) in [5.41, 5.74) is -0.541. The van der Waals surface area contributed by atoms with Gasteiger partial charge in [0, 0.05) is 18.4 Å². The molecule has 7 nitrogen and oxygen atoms in total. The summed E-state index contributed by atoms with van der Waals surface area (Å²) >= 11 is 0. The van der Waals surface area contributed by atoms with Crippen molar-refractivity contribution in [2.24, 2.45) is 0 Å². The minimum Gasteiger partial charge on any atom is -0.480 e. The van der Waals surface area contributed by atoms with E-state index in [-0.39, 0.29) is 18.9 Å². The highest BCUT2D eigenvalue weighted by Gasteiger charge is 2.28. The number of hydrogen-bond donors (Lipinski definition) is 1. The minimum absolute atomic E-state index is 0.145. The Kier molecular flexibility index (Phi) is 4.63. The van der Waals surface area contributed by atoms with Crippen LogP contribution in [0.2, 0.25) is 0 Å². The third-order valence-electron chi connectivity index (χ3n) is 2.53. The third-order valence-corrected chi connectivity index (χ3v) is 2.53. The highest BCUT2D eigenvalue weighted by molar-refractivity contribution is 5.82. The molecule has 0 saturated carbocycles. The molecule has 1 aromatic heterocycles. The number of carbonyl (C=O) groups excluding carboxylic acids is 1. The molecule has 0 spiro atoms. The predicted molar refractivity (Wildman–Crippen MR) is 66.5 cm³/mol. The van der Waals surface area contributed by atoms with Gasteiger partial charge in [0.15, 0.2) is 5.82 Å². The number of aromatic nitrogens is 2. The maximum Gasteiger partial charge on any atom is 0.323 e. The Balaban J connectivity index is 2.64. The van der Waals surface area contributed by atoms with Gasteiger partial charge in [-0.05, 0) is 27.7 Å². The van der Waals surface area contributed by atoms with E-state index in [9.17, 15) is 9.59 Å². The summed E-state index contributed by atoms with van der Waals surface area (Å²) in [7, 11) is 0. The number of nitrogens with zero attached hydrogens (tertiary/aromatic N) is 3. The van der Waals surface area contributed by atoms with Gasteiger partial charge in [-0.2, -0.15) is 4.98 Å². The second kappa shape index (κ2) is 5.81. The van der Waals surface area contributed by atoms with Crippen molar-refractivity contribution >= 4 is 11.9 Å². The summed E-state index contributed by atoms with van der Waals surface area (Å²) < 4.78 is 4.91. The quantitative estimate of drug-likeness (QED) is 0.857. The Bertz CT molecular complexity index is 462. The average molecular weight is 269 g/mol. The van der Waals surface area contributed by atoms with Gasteiger partial charge in [0.25, 0.3) is 0 Å². The van der Waals surface area contributed by atoms with Crippen LogP contribution in [-0.4, -0.2) is 44.1 Å². The Morgan fingerprint density at radius 3 is 2.42 bits per heavy atom. The normalized spacial score (nSPS) is 11.4. The van der Waals surface area contributed by atoms with Crippen molar-refractivity contribution < 1.29 is 19.2 Å². The van der Waals surface area contributed by atoms with Crippen LogP contribution in [0.5, 0.6) is 0 Å². The number of rotatable bonds is 5. The maximum atomic E-state index is 12.1. The molecular formula is C12H19N3O4. The molecule has 106 valence electrons. The van der Waals surface area contributed by atoms with Gasteiger partial charge in [0.2, 0.25) is 11.8 Å². The van der Waals surface area contributed by atoms with Gasteiger partial charge in [-0.1, -0.05) is 5.16 Å². The first-order valence-electron chi connectivity index (χ1n) is 6.01. The molecule has 1 amide bonds. The van der Waals surface area contributed by atoms with Crippen LogP contribution < -0.4 is 0 Å². The molecule has 0 aliphatic carbocycles. The van der Waals surface area contributed by atoms with Crippen molar-refractivity contribution in [2.45, 2.75) is 46.1 Å². The fourth-order valence-corrected chi connectivity index (χ4v) is 1.63. The van der Waals surface area contributed by atoms with Crippen LogP contribution in [0.15, 0.2) is 4.52 Å². The molecule has 0 saturated heterocycles. The molecular weight excluding hydrogens is 250 g/mol. The summed E-state index contributed by atoms with van der Waals surface area (Å²) in [5.74, 6) is -0.377. The molecule has 0 aromatic carbocycles. The zero-order valence-corrected chi connectivity index (χ0v) is 11.6. The Hall–Kier alpha value is -1.92. The van der Waals surface area contributed by atoms with Crippen molar-refractivity contribution in [3.63, 3.8) is 0 Å². The Morgan fingerprint density at radius 2 is 2.00 bits per heavy atom. The van der Waals surface area contributed by atoms with E-state index in [1.807, 2.05) is 0 Å². The smallest absolute Gasteiger partial charge is 0.323 e. The number of aliphatic carboxylic acids is 1. The minimum atomic E-state index is -1.03. The van der Waals surface area contributed by atoms with Crippen LogP contribution in [-0.2, 0) is 16.0 Å². The number of amides is 1. The van der Waals surface area contributed by atoms with Gasteiger partial charge < -0.3 is 14.5 Å². The first kappa shape index (κ1) is 15.1. The van der Waals surface area contributed by atoms with E-state index in [0.29, 0.717) is 18.1 Å². The van der Waals surface area contributed by atoms with Gasteiger partial charge in [-0.25, -0.2) is 0 Å². The fraction of sp³-hybridized carbons (Fsp3) is 0.667. The lowest BCUT2D eigenvalue weighted by atomic mass is 10.0. The predicted octanol–water partition coefficient (Wildman–Crippen LogP) is 1.02. The molecule has 0 aliphatic rings. The molecule has 0 aliphatic heterocycles. The molecule has 1 rings (SSSR count). The highest BCUT2D eigenvalue weighted by Crippen LogP contribution is 2.15. The van der Waals surface area contributed by atoms with Crippen LogP contribution in [0.1, 0.15) is 38.9 Å². The number of hydrogen-bond acceptors (Lipinski definition) is 5. The zero-order valence-electron chi connectivity index (χ0n) is 11.6. The lowest BCUT2D eigenvalue weighted by Gasteiger charge is -2.34. The summed E-state index contributed by atoms with van der Waals surface area (Å²) in [6.07, 6.45) is 0.456. The SMILES string of the molecule is Cc1noc(CCC(=O)N(CC(=O)O)C(C)(C)C)n1. The van der Waals surface area contributed by atoms with E-state index in [0.717, 1.165) is 0 Å². The summed E-state index contributed by atoms with van der Waals surface area (Å²) in [4.78, 5) is 28.2. The van der Waals surface area contributed by atoms with Crippen molar-refractivity contribution in [1.29, 1.82) is 0 Å². The summed E-state index contributed by atoms with van der Waals surface area (Å²) in [6, 6.07) is 0. The van der Waals surface area contributed by atoms with E-state index in [4.69, 9.17) is 9.63 Å². The van der Waals surface area contributed by atoms with Crippen LogP contribution in [0.25, 0.3) is 0 Å². The van der Waals surface area contributed by atoms with Gasteiger partial charge in [0.1, 0.15) is 6.54 Å². The molecule has 0 radical (unpaired) electrons. The van der Waals surface area contributed by atoms with E-state index in [1.54, 1.807) is 27.7 Å². The number of carboxylic acids is 1. The van der Waals surface area contributed by atoms with E-state index in [1.165, 1.54) is 4.90 Å². The van der Waals surface area contributed by atoms with Gasteiger partial charge in [-0.15, -0.1) is 0 Å². The van der Waals surface area contributed by atoms with Gasteiger partial charge >= 0.3 is 5.97 Å². The Morgan fingerprint density at radius 1 is 1.37 bits per heavy atom. The number of carbonyl (C=O) groups is 2. The monoisotopic (exact) mass is 269 g/mol. The van der Waals surface area contributed by atoms with Crippen LogP contribution >= 0.6 is 0 Å². The number of carboxylic acid groups (broad SMARTS) is 1. The lowest BCUT2D eigenvalue weighted by Crippen LogP contribution is -2.48. The molecule has 0 fully saturated rings. The van der Waals surface area contributed by atoms with Crippen LogP contribution in [0.3, 0.4) is 0 Å². The lowest BCUT2D eigenvalue weighted by molar-refractivity contribution is -0.148. The summed E-state index contributed by atoms with van der Waals surface area (Å²) in [6.45, 7) is 6.77. The maximum absolute atomic E-state index is 12.1. The van der Waals surface area contributed by atoms with Crippen molar-refractivity contribution in [1.82, 2.24) is 15.0 Å². The van der Waals surface area contributed by atoms with Gasteiger partial charge in [-0.3, -0.25) is 9.59 Å². The third kappa shape index (κ3) is 4.69. The summed E-state index contributed by atoms with van der Waals surface area (Å²) in [5, 5.41) is 12.5. The Labute approximate surface area is 111 Å². The largest absolute Gasteiger partial charge is 0.480 e. The highest BCUT2D eigenvalue weighted by atomic mass is 16.5. The molecule has 1 N–H and O–H groups in total. The van der Waals surface area contributed by atoms with Crippen LogP contribution in [0, 0.1) is 6.92 Å². The van der Waals surface area contributed by atoms with Crippen molar-refractivity contribution in [2.75, 3.05) is 6.54 Å². The molecule has 0 unspecified atom stereocenters. The topological polar surface area (TPSA) is 96.5 Å². The average Bonchev–Trinajstić information content (AvgIpc) is 2.67. The van der Waals surface area contributed by atoms with E-state index < -0.39 is 11.5 Å². The molecule has 7 heteroatoms. The zero-order chi connectivity index (χ0) is 14.6. The van der Waals surface area contributed by atoms with Crippen LogP contribution in [0.4, 0.5) is 0 Å². The molecule has 19 heavy (non-hydrogen) atoms. The van der Waals surface area contributed by atoms with Crippen molar-refractivity contribution in [3.05, 3.63) is 11.7 Å². The van der Waals surface area contributed by atoms with Crippen molar-refractivity contribution in [3.8, 4) is 0 Å². The molecule has 0 atom stereocenters. The number of aryl methyl sites for hydroxylation is 2. The standard InChI is InChI=1S/C12H19N3O4/c1-8-13-9(19-14-8)5-6-10(16)15(7-11(17)18)12(2,3)4/h5-7H2,1-4H3,(H,17,18). The fourth-order valence-electron chi connectivity index (χ4n) is 1.63. The second-order valence-electron chi connectivity index (χ2n) is 5.28. The van der Waals surface area contributed by atoms with Gasteiger partial charge in [0.05, 0.1) is 0 Å².